The molecule has 3 atom stereocenters. The van der Waals surface area contributed by atoms with Crippen LogP contribution in [0.25, 0.3) is 0 Å². The second-order valence-corrected chi connectivity index (χ2v) is 12.8. The molecule has 1 aliphatic heterocycles. The molecule has 1 unspecified atom stereocenters. The van der Waals surface area contributed by atoms with Gasteiger partial charge in [0.15, 0.2) is 6.23 Å². The highest BCUT2D eigenvalue weighted by molar-refractivity contribution is 7.65. The molecule has 0 aliphatic carbocycles. The number of hydrogen-bond donors (Lipinski definition) is 2. The number of hydrogen-bond acceptors (Lipinski definition) is 4. The normalized spacial score (nSPS) is 18.4. The van der Waals surface area contributed by atoms with Gasteiger partial charge in [-0.3, -0.25) is 9.36 Å². The van der Waals surface area contributed by atoms with E-state index in [9.17, 15) is 19.0 Å². The molecule has 2 N–H and O–H groups in total. The number of carbonyl (C=O) groups is 2. The summed E-state index contributed by atoms with van der Waals surface area (Å²) in [4.78, 5) is 38.7. The van der Waals surface area contributed by atoms with Crippen LogP contribution in [0.2, 0.25) is 0 Å². The average Bonchev–Trinajstić information content (AvgIpc) is 2.95. The van der Waals surface area contributed by atoms with Gasteiger partial charge in [-0.25, -0.2) is 9.69 Å². The number of rotatable bonds is 11. The van der Waals surface area contributed by atoms with Gasteiger partial charge in [0.05, 0.1) is 12.2 Å². The van der Waals surface area contributed by atoms with Gasteiger partial charge in [-0.05, 0) is 61.6 Å². The summed E-state index contributed by atoms with van der Waals surface area (Å²) in [5.74, 6) is 0.251. The zero-order valence-electron chi connectivity index (χ0n) is 23.7. The maximum Gasteiger partial charge on any atom is 0.327 e. The smallest absolute Gasteiger partial charge is 0.327 e. The summed E-state index contributed by atoms with van der Waals surface area (Å²) in [7, 11) is -3.56. The number of nitrogens with one attached hydrogen (secondary N) is 1. The molecular weight excluding hydrogens is 523 g/mol. The first-order chi connectivity index (χ1) is 19.1. The highest BCUT2D eigenvalue weighted by Crippen LogP contribution is 2.47. The zero-order valence-corrected chi connectivity index (χ0v) is 24.6. The first-order valence-electron chi connectivity index (χ1n) is 14.0. The number of β-lactam (4-membered cyclic amide) rings is 1. The monoisotopic (exact) mass is 562 g/mol. The van der Waals surface area contributed by atoms with Crippen molar-refractivity contribution in [2.45, 2.75) is 71.8 Å². The number of amides is 3. The van der Waals surface area contributed by atoms with Crippen LogP contribution in [0.1, 0.15) is 69.2 Å². The van der Waals surface area contributed by atoms with Crippen molar-refractivity contribution in [3.63, 3.8) is 0 Å². The third-order valence-corrected chi connectivity index (χ3v) is 9.81. The summed E-state index contributed by atoms with van der Waals surface area (Å²) in [5, 5.41) is 3.48. The molecule has 7 nitrogen and oxygen atoms in total. The Kier molecular flexibility index (Phi) is 9.17. The van der Waals surface area contributed by atoms with E-state index >= 15 is 0 Å². The summed E-state index contributed by atoms with van der Waals surface area (Å²) >= 11 is 0. The van der Waals surface area contributed by atoms with Crippen LogP contribution in [0.3, 0.4) is 0 Å². The standard InChI is InChI=1S/C32H39N2O5P/c1-5-11-28(25-18-14-23(4)15-19-25)33-31(36)34-29(35)32(6-2,7-3)30(34)39-26-20-16-24(17-21-26)22-40(37,38)27-12-9-8-10-13-27/h8-10,12-21,28,30H,5-7,11,22H2,1-4H3,(H,33,36)(H,37,38)/t28-,30+/m1/s1. The summed E-state index contributed by atoms with van der Waals surface area (Å²) in [6.07, 6.45) is 1.94. The van der Waals surface area contributed by atoms with Gasteiger partial charge in [-0.15, -0.1) is 0 Å². The van der Waals surface area contributed by atoms with Gasteiger partial charge in [0, 0.05) is 5.30 Å². The Labute approximate surface area is 237 Å². The third-order valence-electron chi connectivity index (χ3n) is 7.91. The van der Waals surface area contributed by atoms with Gasteiger partial charge >= 0.3 is 6.03 Å². The van der Waals surface area contributed by atoms with Crippen LogP contribution in [0, 0.1) is 12.3 Å². The lowest BCUT2D eigenvalue weighted by atomic mass is 9.72. The Bertz CT molecular complexity index is 1350. The maximum absolute atomic E-state index is 13.5. The quantitative estimate of drug-likeness (QED) is 0.200. The first kappa shape index (κ1) is 29.6. The summed E-state index contributed by atoms with van der Waals surface area (Å²) < 4.78 is 19.2. The lowest BCUT2D eigenvalue weighted by Gasteiger charge is -2.53. The molecule has 0 spiro atoms. The van der Waals surface area contributed by atoms with Gasteiger partial charge in [-0.2, -0.15) is 0 Å². The van der Waals surface area contributed by atoms with Crippen molar-refractivity contribution in [1.82, 2.24) is 10.2 Å². The van der Waals surface area contributed by atoms with E-state index in [4.69, 9.17) is 4.74 Å². The maximum atomic E-state index is 13.5. The van der Waals surface area contributed by atoms with Crippen molar-refractivity contribution >= 4 is 24.6 Å². The number of nitrogens with zero attached hydrogens (tertiary/aromatic N) is 1. The summed E-state index contributed by atoms with van der Waals surface area (Å²) in [6, 6.07) is 22.9. The minimum absolute atomic E-state index is 0.000572. The topological polar surface area (TPSA) is 95.9 Å². The van der Waals surface area contributed by atoms with Gasteiger partial charge in [0.25, 0.3) is 0 Å². The molecule has 4 rings (SSSR count). The fraction of sp³-hybridized carbons (Fsp3) is 0.375. The number of imide groups is 1. The molecule has 3 aromatic rings. The number of carbonyl (C=O) groups excluding carboxylic acids is 2. The van der Waals surface area contributed by atoms with E-state index in [1.54, 1.807) is 48.5 Å². The van der Waals surface area contributed by atoms with Crippen LogP contribution in [0.15, 0.2) is 78.9 Å². The molecule has 1 heterocycles. The molecule has 0 radical (unpaired) electrons. The Balaban J connectivity index is 1.51. The molecule has 3 aromatic carbocycles. The van der Waals surface area contributed by atoms with Crippen molar-refractivity contribution < 1.29 is 23.8 Å². The minimum atomic E-state index is -3.56. The molecule has 3 amide bonds. The number of benzene rings is 3. The molecule has 0 aromatic heterocycles. The molecule has 1 saturated heterocycles. The summed E-state index contributed by atoms with van der Waals surface area (Å²) in [6.45, 7) is 7.95. The predicted octanol–water partition coefficient (Wildman–Crippen LogP) is 6.70. The number of ether oxygens (including phenoxy) is 1. The van der Waals surface area contributed by atoms with Crippen LogP contribution < -0.4 is 15.4 Å². The molecule has 212 valence electrons. The molecular formula is C32H39N2O5P. The van der Waals surface area contributed by atoms with Gasteiger partial charge in [-0.1, -0.05) is 87.4 Å². The van der Waals surface area contributed by atoms with E-state index < -0.39 is 25.0 Å². The van der Waals surface area contributed by atoms with Gasteiger partial charge in [0.1, 0.15) is 11.2 Å². The van der Waals surface area contributed by atoms with Crippen molar-refractivity contribution in [1.29, 1.82) is 0 Å². The van der Waals surface area contributed by atoms with Gasteiger partial charge < -0.3 is 14.9 Å². The Morgan fingerprint density at radius 2 is 1.62 bits per heavy atom. The first-order valence-corrected chi connectivity index (χ1v) is 15.8. The van der Waals surface area contributed by atoms with E-state index in [1.807, 2.05) is 51.1 Å². The summed E-state index contributed by atoms with van der Waals surface area (Å²) in [5.41, 5.74) is 2.03. The molecule has 40 heavy (non-hydrogen) atoms. The van der Waals surface area contributed by atoms with Crippen molar-refractivity contribution in [3.8, 4) is 5.75 Å². The molecule has 1 fully saturated rings. The Hall–Kier alpha value is -3.41. The van der Waals surface area contributed by atoms with Gasteiger partial charge in [0.2, 0.25) is 13.3 Å². The highest BCUT2D eigenvalue weighted by atomic mass is 31.2. The van der Waals surface area contributed by atoms with Crippen LogP contribution >= 0.6 is 7.37 Å². The predicted molar refractivity (Wildman–Crippen MR) is 158 cm³/mol. The van der Waals surface area contributed by atoms with E-state index in [0.717, 1.165) is 24.0 Å². The fourth-order valence-electron chi connectivity index (χ4n) is 5.33. The number of aryl methyl sites for hydroxylation is 1. The third kappa shape index (κ3) is 6.01. The van der Waals surface area contributed by atoms with Crippen molar-refractivity contribution in [2.24, 2.45) is 5.41 Å². The second-order valence-electron chi connectivity index (χ2n) is 10.5. The van der Waals surface area contributed by atoms with E-state index in [0.29, 0.717) is 29.5 Å². The SMILES string of the molecule is CCC[C@@H](NC(=O)N1C(=O)C(CC)(CC)[C@@H]1Oc1ccc(CP(=O)(O)c2ccccc2)cc1)c1ccc(C)cc1. The van der Waals surface area contributed by atoms with E-state index in [1.165, 1.54) is 4.90 Å². The van der Waals surface area contributed by atoms with E-state index in [2.05, 4.69) is 12.2 Å². The molecule has 0 bridgehead atoms. The van der Waals surface area contributed by atoms with Crippen molar-refractivity contribution in [3.05, 3.63) is 95.6 Å². The lowest BCUT2D eigenvalue weighted by Crippen LogP contribution is -2.73. The number of urea groups is 1. The van der Waals surface area contributed by atoms with Crippen LogP contribution in [-0.4, -0.2) is 28.0 Å². The average molecular weight is 563 g/mol. The molecule has 0 saturated carbocycles. The van der Waals surface area contributed by atoms with E-state index in [-0.39, 0.29) is 18.1 Å². The Morgan fingerprint density at radius 1 is 1.00 bits per heavy atom. The zero-order chi connectivity index (χ0) is 28.9. The second kappa shape index (κ2) is 12.4. The largest absolute Gasteiger partial charge is 0.469 e. The Morgan fingerprint density at radius 3 is 2.20 bits per heavy atom. The molecule has 1 aliphatic rings. The van der Waals surface area contributed by atoms with Crippen LogP contribution in [0.5, 0.6) is 5.75 Å². The molecule has 8 heteroatoms. The van der Waals surface area contributed by atoms with Crippen LogP contribution in [-0.2, 0) is 15.5 Å². The lowest BCUT2D eigenvalue weighted by molar-refractivity contribution is -0.191. The minimum Gasteiger partial charge on any atom is -0.469 e. The van der Waals surface area contributed by atoms with Crippen molar-refractivity contribution in [2.75, 3.05) is 0 Å². The number of likely N-dealkylation sites (tertiary alicyclic amines) is 1. The van der Waals surface area contributed by atoms with Crippen LogP contribution in [0.4, 0.5) is 4.79 Å². The highest BCUT2D eigenvalue weighted by Gasteiger charge is 2.63. The fourth-order valence-corrected chi connectivity index (χ4v) is 6.86.